The Morgan fingerprint density at radius 1 is 1.13 bits per heavy atom. The number of hydrogen-bond donors (Lipinski definition) is 0. The third-order valence-corrected chi connectivity index (χ3v) is 4.10. The van der Waals surface area contributed by atoms with Crippen molar-refractivity contribution in [2.75, 3.05) is 14.2 Å². The van der Waals surface area contributed by atoms with Gasteiger partial charge in [-0.3, -0.25) is 4.79 Å². The molecule has 0 atom stereocenters. The SMILES string of the molecule is COc1cccc2c1cc(C(=O)N(C)Cc1ccccc1)n2C. The number of aromatic nitrogens is 1. The largest absolute Gasteiger partial charge is 0.496 e. The zero-order chi connectivity index (χ0) is 16.4. The van der Waals surface area contributed by atoms with Crippen LogP contribution in [0.1, 0.15) is 16.1 Å². The monoisotopic (exact) mass is 308 g/mol. The van der Waals surface area contributed by atoms with Crippen molar-refractivity contribution in [3.63, 3.8) is 0 Å². The van der Waals surface area contributed by atoms with Gasteiger partial charge >= 0.3 is 0 Å². The maximum absolute atomic E-state index is 12.8. The first-order valence-electron chi connectivity index (χ1n) is 7.53. The van der Waals surface area contributed by atoms with Gasteiger partial charge in [0.25, 0.3) is 5.91 Å². The van der Waals surface area contributed by atoms with Crippen molar-refractivity contribution in [1.82, 2.24) is 9.47 Å². The molecule has 4 heteroatoms. The molecule has 0 bridgehead atoms. The van der Waals surface area contributed by atoms with Crippen LogP contribution in [0.3, 0.4) is 0 Å². The quantitative estimate of drug-likeness (QED) is 0.740. The third kappa shape index (κ3) is 2.80. The van der Waals surface area contributed by atoms with Crippen molar-refractivity contribution in [3.05, 3.63) is 65.9 Å². The number of hydrogen-bond acceptors (Lipinski definition) is 2. The van der Waals surface area contributed by atoms with Crippen LogP contribution in [0.2, 0.25) is 0 Å². The van der Waals surface area contributed by atoms with Gasteiger partial charge in [-0.2, -0.15) is 0 Å². The molecule has 23 heavy (non-hydrogen) atoms. The molecule has 0 spiro atoms. The number of nitrogens with zero attached hydrogens (tertiary/aromatic N) is 2. The van der Waals surface area contributed by atoms with Crippen LogP contribution in [-0.2, 0) is 13.6 Å². The number of amides is 1. The van der Waals surface area contributed by atoms with Gasteiger partial charge < -0.3 is 14.2 Å². The highest BCUT2D eigenvalue weighted by Crippen LogP contribution is 2.28. The van der Waals surface area contributed by atoms with Gasteiger partial charge in [0.1, 0.15) is 11.4 Å². The van der Waals surface area contributed by atoms with E-state index in [1.54, 1.807) is 12.0 Å². The van der Waals surface area contributed by atoms with Crippen LogP contribution in [0.15, 0.2) is 54.6 Å². The smallest absolute Gasteiger partial charge is 0.270 e. The zero-order valence-corrected chi connectivity index (χ0v) is 13.6. The number of benzene rings is 2. The fourth-order valence-electron chi connectivity index (χ4n) is 2.84. The first kappa shape index (κ1) is 15.2. The number of ether oxygens (including phenoxy) is 1. The van der Waals surface area contributed by atoms with Gasteiger partial charge in [0.2, 0.25) is 0 Å². The van der Waals surface area contributed by atoms with Crippen molar-refractivity contribution in [3.8, 4) is 5.75 Å². The van der Waals surface area contributed by atoms with Crippen LogP contribution in [0, 0.1) is 0 Å². The van der Waals surface area contributed by atoms with E-state index < -0.39 is 0 Å². The van der Waals surface area contributed by atoms with E-state index in [0.717, 1.165) is 22.2 Å². The maximum atomic E-state index is 12.8. The van der Waals surface area contributed by atoms with Crippen molar-refractivity contribution in [2.45, 2.75) is 6.54 Å². The highest BCUT2D eigenvalue weighted by molar-refractivity contribution is 6.00. The number of aryl methyl sites for hydroxylation is 1. The molecule has 0 N–H and O–H groups in total. The minimum Gasteiger partial charge on any atom is -0.496 e. The van der Waals surface area contributed by atoms with Crippen molar-refractivity contribution in [1.29, 1.82) is 0 Å². The third-order valence-electron chi connectivity index (χ3n) is 4.10. The lowest BCUT2D eigenvalue weighted by Gasteiger charge is -2.17. The lowest BCUT2D eigenvalue weighted by molar-refractivity contribution is 0.0776. The van der Waals surface area contributed by atoms with Crippen LogP contribution in [0.25, 0.3) is 10.9 Å². The van der Waals surface area contributed by atoms with Gasteiger partial charge in [-0.1, -0.05) is 36.4 Å². The summed E-state index contributed by atoms with van der Waals surface area (Å²) in [4.78, 5) is 14.5. The van der Waals surface area contributed by atoms with Crippen LogP contribution < -0.4 is 4.74 Å². The van der Waals surface area contributed by atoms with Crippen LogP contribution >= 0.6 is 0 Å². The van der Waals surface area contributed by atoms with Gasteiger partial charge in [0, 0.05) is 26.0 Å². The lowest BCUT2D eigenvalue weighted by atomic mass is 10.2. The molecule has 0 saturated heterocycles. The number of fused-ring (bicyclic) bond motifs is 1. The molecule has 0 fully saturated rings. The summed E-state index contributed by atoms with van der Waals surface area (Å²) in [5, 5.41) is 0.953. The molecule has 0 aliphatic heterocycles. The number of methoxy groups -OCH3 is 1. The highest BCUT2D eigenvalue weighted by Gasteiger charge is 2.18. The molecular weight excluding hydrogens is 288 g/mol. The molecule has 1 aromatic heterocycles. The molecule has 3 rings (SSSR count). The molecule has 3 aromatic rings. The predicted molar refractivity (Wildman–Crippen MR) is 91.7 cm³/mol. The first-order chi connectivity index (χ1) is 11.1. The van der Waals surface area contributed by atoms with Crippen LogP contribution in [0.4, 0.5) is 0 Å². The summed E-state index contributed by atoms with van der Waals surface area (Å²) in [6.07, 6.45) is 0. The zero-order valence-electron chi connectivity index (χ0n) is 13.6. The summed E-state index contributed by atoms with van der Waals surface area (Å²) < 4.78 is 7.31. The Balaban J connectivity index is 1.93. The number of carbonyl (C=O) groups is 1. The Hall–Kier alpha value is -2.75. The van der Waals surface area contributed by atoms with E-state index >= 15 is 0 Å². The predicted octanol–water partition coefficient (Wildman–Crippen LogP) is 3.46. The van der Waals surface area contributed by atoms with Crippen molar-refractivity contribution < 1.29 is 9.53 Å². The summed E-state index contributed by atoms with van der Waals surface area (Å²) in [5.41, 5.74) is 2.75. The summed E-state index contributed by atoms with van der Waals surface area (Å²) in [6, 6.07) is 17.7. The van der Waals surface area contributed by atoms with E-state index in [0.29, 0.717) is 12.2 Å². The second-order valence-corrected chi connectivity index (χ2v) is 5.63. The van der Waals surface area contributed by atoms with Gasteiger partial charge in [0.05, 0.1) is 12.6 Å². The minimum atomic E-state index is -0.00499. The molecule has 0 saturated carbocycles. The summed E-state index contributed by atoms with van der Waals surface area (Å²) in [6.45, 7) is 0.582. The van der Waals surface area contributed by atoms with E-state index in [1.165, 1.54) is 0 Å². The topological polar surface area (TPSA) is 34.5 Å². The normalized spacial score (nSPS) is 10.7. The van der Waals surface area contributed by atoms with Crippen LogP contribution in [-0.4, -0.2) is 29.5 Å². The second kappa shape index (κ2) is 6.16. The first-order valence-corrected chi connectivity index (χ1v) is 7.53. The Morgan fingerprint density at radius 3 is 2.57 bits per heavy atom. The molecule has 0 radical (unpaired) electrons. The molecule has 0 unspecified atom stereocenters. The molecule has 2 aromatic carbocycles. The van der Waals surface area contributed by atoms with Gasteiger partial charge in [-0.15, -0.1) is 0 Å². The number of rotatable bonds is 4. The Bertz CT molecular complexity index is 837. The highest BCUT2D eigenvalue weighted by atomic mass is 16.5. The molecule has 118 valence electrons. The molecule has 4 nitrogen and oxygen atoms in total. The fraction of sp³-hybridized carbons (Fsp3) is 0.211. The fourth-order valence-corrected chi connectivity index (χ4v) is 2.84. The van der Waals surface area contributed by atoms with E-state index in [9.17, 15) is 4.79 Å². The van der Waals surface area contributed by atoms with Gasteiger partial charge in [-0.05, 0) is 23.8 Å². The van der Waals surface area contributed by atoms with E-state index in [2.05, 4.69) is 0 Å². The summed E-state index contributed by atoms with van der Waals surface area (Å²) in [7, 11) is 5.38. The standard InChI is InChI=1S/C19H20N2O2/c1-20(13-14-8-5-4-6-9-14)19(22)17-12-15-16(21(17)2)10-7-11-18(15)23-3/h4-12H,13H2,1-3H3. The Morgan fingerprint density at radius 2 is 1.87 bits per heavy atom. The van der Waals surface area contributed by atoms with Gasteiger partial charge in [0.15, 0.2) is 0 Å². The summed E-state index contributed by atoms with van der Waals surface area (Å²) in [5.74, 6) is 0.775. The Kier molecular flexibility index (Phi) is 4.06. The van der Waals surface area contributed by atoms with E-state index in [4.69, 9.17) is 4.74 Å². The summed E-state index contributed by atoms with van der Waals surface area (Å²) >= 11 is 0. The molecule has 0 aliphatic rings. The average molecular weight is 308 g/mol. The molecule has 1 amide bonds. The second-order valence-electron chi connectivity index (χ2n) is 5.63. The molecular formula is C19H20N2O2. The van der Waals surface area contributed by atoms with Crippen molar-refractivity contribution in [2.24, 2.45) is 7.05 Å². The van der Waals surface area contributed by atoms with E-state index in [1.807, 2.05) is 73.3 Å². The lowest BCUT2D eigenvalue weighted by Crippen LogP contribution is -2.27. The Labute approximate surface area is 135 Å². The van der Waals surface area contributed by atoms with E-state index in [-0.39, 0.29) is 5.91 Å². The van der Waals surface area contributed by atoms with Crippen molar-refractivity contribution >= 4 is 16.8 Å². The average Bonchev–Trinajstić information content (AvgIpc) is 2.92. The van der Waals surface area contributed by atoms with Crippen LogP contribution in [0.5, 0.6) is 5.75 Å². The minimum absolute atomic E-state index is 0.00499. The van der Waals surface area contributed by atoms with Gasteiger partial charge in [-0.25, -0.2) is 0 Å². The molecule has 0 aliphatic carbocycles. The molecule has 1 heterocycles. The number of carbonyl (C=O) groups excluding carboxylic acids is 1. The maximum Gasteiger partial charge on any atom is 0.270 e.